The molecule has 15 heteroatoms. The number of aliphatic hydroxyl groups is 6. The number of nitrogens with two attached hydrogens (primary N) is 3. The topological polar surface area (TPSA) is 272 Å². The summed E-state index contributed by atoms with van der Waals surface area (Å²) in [5, 5.41) is 71.6. The zero-order valence-electron chi connectivity index (χ0n) is 19.6. The fraction of sp³-hybridized carbons (Fsp3) is 0.950. The molecule has 2 heterocycles. The summed E-state index contributed by atoms with van der Waals surface area (Å²) in [6.45, 7) is 2.75. The quantitative estimate of drug-likeness (QED) is 0.113. The lowest BCUT2D eigenvalue weighted by Crippen LogP contribution is -2.66. The lowest BCUT2D eigenvalue weighted by molar-refractivity contribution is -0.312. The number of ether oxygens (including phenoxy) is 4. The van der Waals surface area contributed by atoms with Crippen molar-refractivity contribution in [3.05, 3.63) is 0 Å². The van der Waals surface area contributed by atoms with E-state index in [9.17, 15) is 30.6 Å². The standard InChI is InChI=1S/C20H39N5O10/c1-5-3-7(21)16(34-18-9(22)12(29)11(28)8(4-26)32-18)17(10(5)27)35-19-14(31)13(30)15(33-19)6(2)25-20(23)24/h5-19,26-31H,3-4,21-22H2,1-2H3,(H4,23,24,25)/t5-,6-,7?,8?,9?,10?,11-,12-,13-,14?,15-,16-,17-,18-,19+/m1/s1. The van der Waals surface area contributed by atoms with Crippen LogP contribution in [0.4, 0.5) is 0 Å². The van der Waals surface area contributed by atoms with Crippen LogP contribution >= 0.6 is 0 Å². The monoisotopic (exact) mass is 509 g/mol. The van der Waals surface area contributed by atoms with Gasteiger partial charge in [0.15, 0.2) is 18.5 Å². The highest BCUT2D eigenvalue weighted by Crippen LogP contribution is 2.34. The highest BCUT2D eigenvalue weighted by atomic mass is 16.7. The Hall–Kier alpha value is -1.21. The average molecular weight is 510 g/mol. The third kappa shape index (κ3) is 5.87. The summed E-state index contributed by atoms with van der Waals surface area (Å²) in [6.07, 6.45) is -13.6. The molecule has 15 atom stereocenters. The number of aliphatic hydroxyl groups excluding tert-OH is 6. The van der Waals surface area contributed by atoms with E-state index >= 15 is 0 Å². The van der Waals surface area contributed by atoms with Gasteiger partial charge < -0.3 is 72.1 Å². The Bertz CT molecular complexity index is 722. The molecule has 0 aromatic carbocycles. The molecule has 0 spiro atoms. The van der Waals surface area contributed by atoms with Gasteiger partial charge in [-0.1, -0.05) is 6.92 Å². The van der Waals surface area contributed by atoms with Crippen LogP contribution in [0, 0.1) is 11.3 Å². The Labute approximate surface area is 202 Å². The third-order valence-electron chi connectivity index (χ3n) is 6.95. The van der Waals surface area contributed by atoms with E-state index in [1.165, 1.54) is 0 Å². The zero-order valence-corrected chi connectivity index (χ0v) is 19.6. The normalized spacial score (nSPS) is 49.5. The molecule has 2 aliphatic heterocycles. The van der Waals surface area contributed by atoms with Crippen LogP contribution < -0.4 is 22.5 Å². The molecule has 0 bridgehead atoms. The highest BCUT2D eigenvalue weighted by molar-refractivity contribution is 5.74. The summed E-state index contributed by atoms with van der Waals surface area (Å²) in [5.74, 6) is -0.675. The van der Waals surface area contributed by atoms with Crippen LogP contribution in [0.2, 0.25) is 0 Å². The Morgan fingerprint density at radius 2 is 1.60 bits per heavy atom. The maximum Gasteiger partial charge on any atom is 0.187 e. The van der Waals surface area contributed by atoms with Gasteiger partial charge in [-0.2, -0.15) is 0 Å². The molecule has 0 aromatic heterocycles. The van der Waals surface area contributed by atoms with E-state index in [4.69, 9.17) is 41.6 Å². The van der Waals surface area contributed by atoms with Crippen LogP contribution in [0.15, 0.2) is 0 Å². The van der Waals surface area contributed by atoms with Crippen molar-refractivity contribution in [2.45, 2.75) is 106 Å². The van der Waals surface area contributed by atoms with Gasteiger partial charge in [0.05, 0.1) is 24.8 Å². The summed E-state index contributed by atoms with van der Waals surface area (Å²) in [6, 6.07) is -2.54. The van der Waals surface area contributed by atoms with Gasteiger partial charge in [0, 0.05) is 6.04 Å². The van der Waals surface area contributed by atoms with Crippen LogP contribution in [0.1, 0.15) is 20.3 Å². The van der Waals surface area contributed by atoms with Crippen LogP contribution in [-0.2, 0) is 18.9 Å². The Morgan fingerprint density at radius 3 is 2.20 bits per heavy atom. The van der Waals surface area contributed by atoms with Gasteiger partial charge in [0.1, 0.15) is 48.8 Å². The molecule has 1 saturated carbocycles. The van der Waals surface area contributed by atoms with Crippen molar-refractivity contribution >= 4 is 5.96 Å². The minimum Gasteiger partial charge on any atom is -0.394 e. The van der Waals surface area contributed by atoms with Gasteiger partial charge in [-0.3, -0.25) is 5.41 Å². The number of hydrogen-bond donors (Lipinski definition) is 11. The van der Waals surface area contributed by atoms with Gasteiger partial charge in [-0.15, -0.1) is 0 Å². The van der Waals surface area contributed by atoms with Gasteiger partial charge in [-0.25, -0.2) is 0 Å². The number of guanidine groups is 1. The van der Waals surface area contributed by atoms with E-state index in [-0.39, 0.29) is 11.9 Å². The van der Waals surface area contributed by atoms with Crippen molar-refractivity contribution in [1.82, 2.24) is 5.32 Å². The van der Waals surface area contributed by atoms with E-state index in [1.807, 2.05) is 0 Å². The average Bonchev–Trinajstić information content (AvgIpc) is 3.07. The van der Waals surface area contributed by atoms with Gasteiger partial charge >= 0.3 is 0 Å². The lowest BCUT2D eigenvalue weighted by Gasteiger charge is -2.47. The van der Waals surface area contributed by atoms with Crippen molar-refractivity contribution in [1.29, 1.82) is 5.41 Å². The molecule has 15 nitrogen and oxygen atoms in total. The molecular formula is C20H39N5O10. The van der Waals surface area contributed by atoms with Gasteiger partial charge in [0.2, 0.25) is 0 Å². The molecule has 5 unspecified atom stereocenters. The zero-order chi connectivity index (χ0) is 26.2. The van der Waals surface area contributed by atoms with E-state index < -0.39 is 92.2 Å². The fourth-order valence-electron chi connectivity index (χ4n) is 4.86. The molecule has 0 aromatic rings. The summed E-state index contributed by atoms with van der Waals surface area (Å²) in [4.78, 5) is 0. The SMILES string of the molecule is C[C@@H]1CC(N)[C@@H](O[C@H]2OC(CO)[C@@H](O)[C@H](O)C2N)[C@H](O[C@@H]2O[C@H]([C@@H](C)NC(=N)N)[C@H](O)C2O)C1O. The minimum atomic E-state index is -1.50. The molecule has 0 amide bonds. The number of nitrogens with one attached hydrogen (secondary N) is 2. The first-order valence-electron chi connectivity index (χ1n) is 11.6. The third-order valence-corrected chi connectivity index (χ3v) is 6.95. The Kier molecular flexibility index (Phi) is 9.28. The van der Waals surface area contributed by atoms with E-state index in [0.717, 1.165) is 0 Å². The van der Waals surface area contributed by atoms with Crippen LogP contribution in [0.5, 0.6) is 0 Å². The smallest absolute Gasteiger partial charge is 0.187 e. The summed E-state index contributed by atoms with van der Waals surface area (Å²) >= 11 is 0. The van der Waals surface area contributed by atoms with Crippen molar-refractivity contribution in [2.75, 3.05) is 6.61 Å². The second-order valence-corrected chi connectivity index (χ2v) is 9.65. The summed E-state index contributed by atoms with van der Waals surface area (Å²) < 4.78 is 23.1. The maximum absolute atomic E-state index is 10.9. The van der Waals surface area contributed by atoms with Crippen LogP contribution in [-0.4, -0.2) is 129 Å². The Balaban J connectivity index is 1.77. The minimum absolute atomic E-state index is 0.328. The first kappa shape index (κ1) is 28.4. The molecule has 204 valence electrons. The molecule has 35 heavy (non-hydrogen) atoms. The van der Waals surface area contributed by atoms with E-state index in [0.29, 0.717) is 6.42 Å². The summed E-state index contributed by atoms with van der Waals surface area (Å²) in [5.41, 5.74) is 17.6. The van der Waals surface area contributed by atoms with Crippen molar-refractivity contribution in [2.24, 2.45) is 23.1 Å². The number of rotatable bonds is 7. The van der Waals surface area contributed by atoms with Crippen LogP contribution in [0.3, 0.4) is 0 Å². The first-order chi connectivity index (χ1) is 16.4. The first-order valence-corrected chi connectivity index (χ1v) is 11.6. The number of hydrogen-bond acceptors (Lipinski definition) is 13. The fourth-order valence-corrected chi connectivity index (χ4v) is 4.86. The molecule has 0 radical (unpaired) electrons. The largest absolute Gasteiger partial charge is 0.394 e. The highest BCUT2D eigenvalue weighted by Gasteiger charge is 2.52. The van der Waals surface area contributed by atoms with Crippen molar-refractivity contribution < 1.29 is 49.6 Å². The molecule has 1 aliphatic carbocycles. The molecule has 14 N–H and O–H groups in total. The van der Waals surface area contributed by atoms with Gasteiger partial charge in [-0.05, 0) is 19.3 Å². The molecule has 3 rings (SSSR count). The summed E-state index contributed by atoms with van der Waals surface area (Å²) in [7, 11) is 0. The van der Waals surface area contributed by atoms with E-state index in [2.05, 4.69) is 5.32 Å². The predicted octanol–water partition coefficient (Wildman–Crippen LogP) is -5.43. The van der Waals surface area contributed by atoms with Crippen molar-refractivity contribution in [3.63, 3.8) is 0 Å². The molecular weight excluding hydrogens is 470 g/mol. The second kappa shape index (κ2) is 11.5. The van der Waals surface area contributed by atoms with Crippen molar-refractivity contribution in [3.8, 4) is 0 Å². The van der Waals surface area contributed by atoms with Gasteiger partial charge in [0.25, 0.3) is 0 Å². The second-order valence-electron chi connectivity index (χ2n) is 9.65. The predicted molar refractivity (Wildman–Crippen MR) is 118 cm³/mol. The molecule has 3 fully saturated rings. The molecule has 3 aliphatic rings. The molecule has 2 saturated heterocycles. The maximum atomic E-state index is 10.9. The van der Waals surface area contributed by atoms with Crippen LogP contribution in [0.25, 0.3) is 0 Å². The Morgan fingerprint density at radius 1 is 0.971 bits per heavy atom. The lowest BCUT2D eigenvalue weighted by atomic mass is 9.80. The van der Waals surface area contributed by atoms with E-state index in [1.54, 1.807) is 13.8 Å².